The standard InChI is InChI=1S/C13H24N4O/c1-10(2)13-16-11(14-3)9-12(17-13)15-7-5-6-8-18-4/h9-10H,5-8H2,1-4H3,(H2,14,15,16,17). The molecule has 18 heavy (non-hydrogen) atoms. The maximum Gasteiger partial charge on any atom is 0.135 e. The summed E-state index contributed by atoms with van der Waals surface area (Å²) < 4.78 is 5.02. The third-order valence-electron chi connectivity index (χ3n) is 2.60. The van der Waals surface area contributed by atoms with Gasteiger partial charge in [0.25, 0.3) is 0 Å². The van der Waals surface area contributed by atoms with Crippen LogP contribution < -0.4 is 10.6 Å². The van der Waals surface area contributed by atoms with Crippen LogP contribution in [0.3, 0.4) is 0 Å². The van der Waals surface area contributed by atoms with Gasteiger partial charge in [-0.1, -0.05) is 13.8 Å². The molecule has 0 spiro atoms. The van der Waals surface area contributed by atoms with Gasteiger partial charge in [-0.15, -0.1) is 0 Å². The van der Waals surface area contributed by atoms with Crippen molar-refractivity contribution in [3.05, 3.63) is 11.9 Å². The lowest BCUT2D eigenvalue weighted by molar-refractivity contribution is 0.194. The number of nitrogens with one attached hydrogen (secondary N) is 2. The quantitative estimate of drug-likeness (QED) is 0.696. The predicted octanol–water partition coefficient (Wildman–Crippen LogP) is 2.48. The number of nitrogens with zero attached hydrogens (tertiary/aromatic N) is 2. The minimum absolute atomic E-state index is 0.326. The van der Waals surface area contributed by atoms with Crippen LogP contribution in [-0.4, -0.2) is 37.3 Å². The SMILES string of the molecule is CNc1cc(NCCCCOC)nc(C(C)C)n1. The summed E-state index contributed by atoms with van der Waals surface area (Å²) in [5.74, 6) is 2.93. The number of anilines is 2. The molecule has 0 aliphatic carbocycles. The van der Waals surface area contributed by atoms with Crippen molar-refractivity contribution in [1.29, 1.82) is 0 Å². The van der Waals surface area contributed by atoms with E-state index >= 15 is 0 Å². The van der Waals surface area contributed by atoms with Crippen molar-refractivity contribution in [3.63, 3.8) is 0 Å². The molecule has 0 fully saturated rings. The Morgan fingerprint density at radius 2 is 1.94 bits per heavy atom. The van der Waals surface area contributed by atoms with Gasteiger partial charge in [-0.3, -0.25) is 0 Å². The van der Waals surface area contributed by atoms with Gasteiger partial charge in [-0.05, 0) is 12.8 Å². The van der Waals surface area contributed by atoms with Gasteiger partial charge in [0, 0.05) is 39.3 Å². The van der Waals surface area contributed by atoms with Crippen molar-refractivity contribution in [3.8, 4) is 0 Å². The lowest BCUT2D eigenvalue weighted by Crippen LogP contribution is -2.09. The number of unbranched alkanes of at least 4 members (excludes halogenated alkanes) is 1. The smallest absolute Gasteiger partial charge is 0.135 e. The molecule has 0 amide bonds. The van der Waals surface area contributed by atoms with Crippen molar-refractivity contribution in [2.45, 2.75) is 32.6 Å². The van der Waals surface area contributed by atoms with Gasteiger partial charge in [0.15, 0.2) is 0 Å². The van der Waals surface area contributed by atoms with E-state index in [0.717, 1.165) is 43.5 Å². The van der Waals surface area contributed by atoms with E-state index in [9.17, 15) is 0 Å². The van der Waals surface area contributed by atoms with Gasteiger partial charge >= 0.3 is 0 Å². The molecule has 1 aromatic heterocycles. The van der Waals surface area contributed by atoms with Gasteiger partial charge in [0.1, 0.15) is 17.5 Å². The number of rotatable bonds is 8. The molecule has 0 atom stereocenters. The fourth-order valence-corrected chi connectivity index (χ4v) is 1.53. The van der Waals surface area contributed by atoms with Crippen LogP contribution >= 0.6 is 0 Å². The van der Waals surface area contributed by atoms with E-state index in [2.05, 4.69) is 34.4 Å². The highest BCUT2D eigenvalue weighted by molar-refractivity contribution is 5.47. The second-order valence-corrected chi connectivity index (χ2v) is 4.53. The number of hydrogen-bond donors (Lipinski definition) is 2. The van der Waals surface area contributed by atoms with Crippen molar-refractivity contribution in [2.75, 3.05) is 37.9 Å². The monoisotopic (exact) mass is 252 g/mol. The van der Waals surface area contributed by atoms with E-state index in [-0.39, 0.29) is 0 Å². The minimum Gasteiger partial charge on any atom is -0.385 e. The molecule has 1 rings (SSSR count). The summed E-state index contributed by atoms with van der Waals surface area (Å²) in [6.07, 6.45) is 2.13. The molecule has 102 valence electrons. The molecule has 0 unspecified atom stereocenters. The zero-order valence-corrected chi connectivity index (χ0v) is 11.8. The first-order chi connectivity index (χ1) is 8.67. The molecule has 5 heteroatoms. The topological polar surface area (TPSA) is 59.1 Å². The summed E-state index contributed by atoms with van der Waals surface area (Å²) in [6.45, 7) is 5.90. The summed E-state index contributed by atoms with van der Waals surface area (Å²) >= 11 is 0. The fraction of sp³-hybridized carbons (Fsp3) is 0.692. The maximum atomic E-state index is 5.02. The van der Waals surface area contributed by atoms with Crippen LogP contribution in [0, 0.1) is 0 Å². The molecular formula is C13H24N4O. The molecule has 1 aromatic rings. The zero-order valence-electron chi connectivity index (χ0n) is 11.8. The lowest BCUT2D eigenvalue weighted by Gasteiger charge is -2.11. The first-order valence-electron chi connectivity index (χ1n) is 6.47. The van der Waals surface area contributed by atoms with Crippen LogP contribution in [0.15, 0.2) is 6.07 Å². The highest BCUT2D eigenvalue weighted by Gasteiger charge is 2.06. The van der Waals surface area contributed by atoms with E-state index in [1.807, 2.05) is 13.1 Å². The first-order valence-corrected chi connectivity index (χ1v) is 6.47. The minimum atomic E-state index is 0.326. The molecule has 2 N–H and O–H groups in total. The van der Waals surface area contributed by atoms with E-state index in [0.29, 0.717) is 5.92 Å². The third kappa shape index (κ3) is 4.87. The summed E-state index contributed by atoms with van der Waals surface area (Å²) in [6, 6.07) is 1.93. The average molecular weight is 252 g/mol. The molecule has 5 nitrogen and oxygen atoms in total. The van der Waals surface area contributed by atoms with Gasteiger partial charge in [-0.2, -0.15) is 0 Å². The van der Waals surface area contributed by atoms with E-state index < -0.39 is 0 Å². The van der Waals surface area contributed by atoms with Gasteiger partial charge < -0.3 is 15.4 Å². The summed E-state index contributed by atoms with van der Waals surface area (Å²) in [5, 5.41) is 6.39. The van der Waals surface area contributed by atoms with Gasteiger partial charge in [0.2, 0.25) is 0 Å². The lowest BCUT2D eigenvalue weighted by atomic mass is 10.2. The molecule has 0 bridgehead atoms. The second-order valence-electron chi connectivity index (χ2n) is 4.53. The predicted molar refractivity (Wildman–Crippen MR) is 75.3 cm³/mol. The molecular weight excluding hydrogens is 228 g/mol. The fourth-order valence-electron chi connectivity index (χ4n) is 1.53. The highest BCUT2D eigenvalue weighted by Crippen LogP contribution is 2.16. The average Bonchev–Trinajstić information content (AvgIpc) is 2.38. The Kier molecular flexibility index (Phi) is 6.43. The van der Waals surface area contributed by atoms with Crippen molar-refractivity contribution in [1.82, 2.24) is 9.97 Å². The number of aromatic nitrogens is 2. The number of ether oxygens (including phenoxy) is 1. The van der Waals surface area contributed by atoms with Crippen LogP contribution in [-0.2, 0) is 4.74 Å². The van der Waals surface area contributed by atoms with Crippen molar-refractivity contribution >= 4 is 11.6 Å². The Morgan fingerprint density at radius 1 is 1.22 bits per heavy atom. The molecule has 0 saturated heterocycles. The third-order valence-corrected chi connectivity index (χ3v) is 2.60. The zero-order chi connectivity index (χ0) is 13.4. The first kappa shape index (κ1) is 14.7. The normalized spacial score (nSPS) is 10.7. The molecule has 0 aromatic carbocycles. The van der Waals surface area contributed by atoms with Crippen LogP contribution in [0.4, 0.5) is 11.6 Å². The van der Waals surface area contributed by atoms with E-state index in [1.54, 1.807) is 7.11 Å². The summed E-state index contributed by atoms with van der Waals surface area (Å²) in [4.78, 5) is 8.93. The summed E-state index contributed by atoms with van der Waals surface area (Å²) in [5.41, 5.74) is 0. The van der Waals surface area contributed by atoms with Crippen LogP contribution in [0.25, 0.3) is 0 Å². The maximum absolute atomic E-state index is 5.02. The van der Waals surface area contributed by atoms with Gasteiger partial charge in [0.05, 0.1) is 0 Å². The molecule has 1 heterocycles. The van der Waals surface area contributed by atoms with Crippen molar-refractivity contribution < 1.29 is 4.74 Å². The molecule has 0 aliphatic heterocycles. The number of methoxy groups -OCH3 is 1. The second kappa shape index (κ2) is 7.87. The Hall–Kier alpha value is -1.36. The molecule has 0 saturated carbocycles. The van der Waals surface area contributed by atoms with E-state index in [4.69, 9.17) is 4.74 Å². The largest absolute Gasteiger partial charge is 0.385 e. The highest BCUT2D eigenvalue weighted by atomic mass is 16.5. The van der Waals surface area contributed by atoms with Crippen molar-refractivity contribution in [2.24, 2.45) is 0 Å². The Bertz CT molecular complexity index is 355. The Labute approximate surface area is 109 Å². The Morgan fingerprint density at radius 3 is 2.56 bits per heavy atom. The molecule has 0 aliphatic rings. The molecule has 0 radical (unpaired) electrons. The van der Waals surface area contributed by atoms with Crippen LogP contribution in [0.5, 0.6) is 0 Å². The van der Waals surface area contributed by atoms with Crippen LogP contribution in [0.1, 0.15) is 38.4 Å². The van der Waals surface area contributed by atoms with Crippen LogP contribution in [0.2, 0.25) is 0 Å². The Balaban J connectivity index is 2.56. The summed E-state index contributed by atoms with van der Waals surface area (Å²) in [7, 11) is 3.60. The van der Waals surface area contributed by atoms with Gasteiger partial charge in [-0.25, -0.2) is 9.97 Å². The van der Waals surface area contributed by atoms with E-state index in [1.165, 1.54) is 0 Å². The number of hydrogen-bond acceptors (Lipinski definition) is 5.